The molecule has 1 aromatic heterocycles. The first-order valence-corrected chi connectivity index (χ1v) is 10.4. The minimum absolute atomic E-state index is 0.0563. The van der Waals surface area contributed by atoms with Crippen LogP contribution in [0, 0.1) is 0 Å². The highest BCUT2D eigenvalue weighted by Gasteiger charge is 2.47. The number of hydrogen-bond acceptors (Lipinski definition) is 11. The molecule has 0 aliphatic carbocycles. The number of aromatic nitrogens is 2. The van der Waals surface area contributed by atoms with E-state index >= 15 is 0 Å². The lowest BCUT2D eigenvalue weighted by Gasteiger charge is -2.17. The van der Waals surface area contributed by atoms with E-state index in [0.717, 1.165) is 4.57 Å². The van der Waals surface area contributed by atoms with Gasteiger partial charge in [0.05, 0.1) is 6.61 Å². The summed E-state index contributed by atoms with van der Waals surface area (Å²) in [6, 6.07) is 1.27. The van der Waals surface area contributed by atoms with Crippen LogP contribution in [0.4, 0.5) is 5.82 Å². The van der Waals surface area contributed by atoms with Crippen LogP contribution in [0.3, 0.4) is 0 Å². The Balaban J connectivity index is 2.07. The van der Waals surface area contributed by atoms with Crippen LogP contribution in [0.1, 0.15) is 6.23 Å². The van der Waals surface area contributed by atoms with Crippen molar-refractivity contribution in [3.05, 3.63) is 22.7 Å². The Morgan fingerprint density at radius 2 is 2.00 bits per heavy atom. The number of anilines is 1. The van der Waals surface area contributed by atoms with Crippen LogP contribution >= 0.6 is 15.5 Å². The third-order valence-electron chi connectivity index (χ3n) is 3.27. The zero-order valence-corrected chi connectivity index (χ0v) is 14.3. The van der Waals surface area contributed by atoms with Gasteiger partial charge in [-0.3, -0.25) is 9.13 Å². The van der Waals surface area contributed by atoms with Crippen molar-refractivity contribution in [2.75, 3.05) is 18.2 Å². The predicted octanol–water partition coefficient (Wildman–Crippen LogP) is -2.66. The van der Waals surface area contributed by atoms with Crippen molar-refractivity contribution in [3.63, 3.8) is 0 Å². The Kier molecular flexibility index (Phi) is 5.96. The SMILES string of the molecule is Nc1ccn([C@@H]2O[C@H](COP(=O)(O)C[P+](O)(O)O)C(O)C2O)c(=O)n1. The summed E-state index contributed by atoms with van der Waals surface area (Å²) in [7, 11) is -9.14. The molecule has 0 spiro atoms. The molecule has 1 aliphatic rings. The maximum atomic E-state index is 11.8. The molecule has 0 aromatic carbocycles. The first kappa shape index (κ1) is 20.3. The summed E-state index contributed by atoms with van der Waals surface area (Å²) in [5.41, 5.74) is 4.50. The number of aliphatic hydroxyl groups is 2. The molecular weight excluding hydrogens is 384 g/mol. The van der Waals surface area contributed by atoms with Crippen LogP contribution in [0.5, 0.6) is 0 Å². The lowest BCUT2D eigenvalue weighted by Crippen LogP contribution is -2.36. The molecule has 3 unspecified atom stereocenters. The van der Waals surface area contributed by atoms with Gasteiger partial charge < -0.3 is 30.1 Å². The van der Waals surface area contributed by atoms with E-state index in [0.29, 0.717) is 0 Å². The molecule has 1 aliphatic heterocycles. The second kappa shape index (κ2) is 7.33. The van der Waals surface area contributed by atoms with Gasteiger partial charge in [0.15, 0.2) is 6.23 Å². The summed E-state index contributed by atoms with van der Waals surface area (Å²) in [6.07, 6.45) is -4.62. The molecule has 15 heteroatoms. The minimum Gasteiger partial charge on any atom is -0.387 e. The molecule has 1 aromatic rings. The maximum Gasteiger partial charge on any atom is 0.416 e. The van der Waals surface area contributed by atoms with Crippen LogP contribution in [0.15, 0.2) is 17.1 Å². The quantitative estimate of drug-likeness (QED) is 0.243. The number of nitrogens with zero attached hydrogens (tertiary/aromatic N) is 2. The van der Waals surface area contributed by atoms with Crippen molar-refractivity contribution in [1.29, 1.82) is 0 Å². The van der Waals surface area contributed by atoms with Crippen LogP contribution in [0.25, 0.3) is 0 Å². The second-order valence-electron chi connectivity index (χ2n) is 5.36. The van der Waals surface area contributed by atoms with Gasteiger partial charge in [-0.25, -0.2) is 4.79 Å². The summed E-state index contributed by atoms with van der Waals surface area (Å²) in [5, 5.41) is 19.9. The van der Waals surface area contributed by atoms with E-state index in [1.165, 1.54) is 12.3 Å². The van der Waals surface area contributed by atoms with Crippen LogP contribution < -0.4 is 11.4 Å². The lowest BCUT2D eigenvalue weighted by atomic mass is 10.1. The molecule has 25 heavy (non-hydrogen) atoms. The fourth-order valence-corrected chi connectivity index (χ4v) is 4.81. The number of hydrogen-bond donors (Lipinski definition) is 7. The first-order chi connectivity index (χ1) is 11.4. The Morgan fingerprint density at radius 3 is 2.56 bits per heavy atom. The minimum atomic E-state index is -4.59. The normalized spacial score (nSPS) is 29.5. The highest BCUT2D eigenvalue weighted by molar-refractivity contribution is 7.73. The Labute approximate surface area is 141 Å². The van der Waals surface area contributed by atoms with Crippen molar-refractivity contribution in [3.8, 4) is 0 Å². The summed E-state index contributed by atoms with van der Waals surface area (Å²) in [6.45, 7) is -0.723. The molecule has 2 heterocycles. The van der Waals surface area contributed by atoms with Gasteiger partial charge in [0.2, 0.25) is 5.90 Å². The Hall–Kier alpha value is -0.980. The van der Waals surface area contributed by atoms with Gasteiger partial charge >= 0.3 is 21.2 Å². The van der Waals surface area contributed by atoms with Gasteiger partial charge in [0, 0.05) is 6.20 Å². The molecular formula is C10H18N3O10P2+. The Morgan fingerprint density at radius 1 is 1.36 bits per heavy atom. The molecule has 8 N–H and O–H groups in total. The third-order valence-corrected chi connectivity index (χ3v) is 6.77. The average molecular weight is 402 g/mol. The van der Waals surface area contributed by atoms with Gasteiger partial charge in [0.25, 0.3) is 0 Å². The zero-order valence-electron chi connectivity index (χ0n) is 12.6. The third kappa shape index (κ3) is 5.25. The van der Waals surface area contributed by atoms with Crippen molar-refractivity contribution in [2.24, 2.45) is 0 Å². The molecule has 2 rings (SSSR count). The number of nitrogens with two attached hydrogens (primary N) is 1. The molecule has 0 amide bonds. The second-order valence-corrected chi connectivity index (χ2v) is 9.41. The zero-order chi connectivity index (χ0) is 19.0. The smallest absolute Gasteiger partial charge is 0.387 e. The monoisotopic (exact) mass is 402 g/mol. The standard InChI is InChI=1S/C10H17N3O10P2/c11-6-1-2-13(10(16)12-6)9-8(15)7(14)5(23-9)3-22-25(20,21)4-24(17,18)19/h1-2,5,7-9,14-15,17-19H,3-4H2,(H2-,11,12,16,20,21)/p+1/t5-,7?,8?,9-/m1/s1. The molecule has 5 atom stereocenters. The van der Waals surface area contributed by atoms with E-state index in [9.17, 15) is 24.5 Å². The number of nitrogen functional groups attached to an aromatic ring is 1. The maximum absolute atomic E-state index is 11.8. The van der Waals surface area contributed by atoms with E-state index < -0.39 is 58.3 Å². The highest BCUT2D eigenvalue weighted by atomic mass is 31.3. The van der Waals surface area contributed by atoms with Crippen molar-refractivity contribution in [1.82, 2.24) is 9.55 Å². The van der Waals surface area contributed by atoms with Gasteiger partial charge in [-0.2, -0.15) is 19.7 Å². The molecule has 1 fully saturated rings. The summed E-state index contributed by atoms with van der Waals surface area (Å²) in [5.74, 6) is -1.35. The first-order valence-electron chi connectivity index (χ1n) is 6.78. The molecule has 0 radical (unpaired) electrons. The lowest BCUT2D eigenvalue weighted by molar-refractivity contribution is -0.0523. The predicted molar refractivity (Wildman–Crippen MR) is 83.1 cm³/mol. The number of aliphatic hydroxyl groups excluding tert-OH is 2. The molecule has 142 valence electrons. The fraction of sp³-hybridized carbons (Fsp3) is 0.600. The van der Waals surface area contributed by atoms with Crippen LogP contribution in [-0.4, -0.2) is 70.2 Å². The summed E-state index contributed by atoms with van der Waals surface area (Å²) in [4.78, 5) is 51.1. The fourth-order valence-electron chi connectivity index (χ4n) is 2.19. The number of rotatable bonds is 6. The Bertz CT molecular complexity index is 722. The van der Waals surface area contributed by atoms with Crippen molar-refractivity contribution >= 4 is 21.4 Å². The highest BCUT2D eigenvalue weighted by Crippen LogP contribution is 2.60. The largest absolute Gasteiger partial charge is 0.416 e. The average Bonchev–Trinajstić information content (AvgIpc) is 2.71. The molecule has 1 saturated heterocycles. The van der Waals surface area contributed by atoms with Crippen LogP contribution in [0.2, 0.25) is 0 Å². The van der Waals surface area contributed by atoms with E-state index in [2.05, 4.69) is 9.51 Å². The summed E-state index contributed by atoms with van der Waals surface area (Å²) < 4.78 is 22.3. The van der Waals surface area contributed by atoms with Crippen molar-refractivity contribution in [2.45, 2.75) is 24.5 Å². The molecule has 0 bridgehead atoms. The molecule has 13 nitrogen and oxygen atoms in total. The van der Waals surface area contributed by atoms with Gasteiger partial charge in [-0.15, -0.1) is 0 Å². The van der Waals surface area contributed by atoms with E-state index in [-0.39, 0.29) is 5.82 Å². The van der Waals surface area contributed by atoms with Crippen molar-refractivity contribution < 1.29 is 43.6 Å². The topological polar surface area (TPSA) is 218 Å². The van der Waals surface area contributed by atoms with E-state index in [4.69, 9.17) is 25.2 Å². The van der Waals surface area contributed by atoms with E-state index in [1.807, 2.05) is 0 Å². The van der Waals surface area contributed by atoms with Gasteiger partial charge in [-0.1, -0.05) is 0 Å². The van der Waals surface area contributed by atoms with Gasteiger partial charge in [-0.05, 0) is 6.07 Å². The molecule has 0 saturated carbocycles. The van der Waals surface area contributed by atoms with Gasteiger partial charge in [0.1, 0.15) is 24.1 Å². The van der Waals surface area contributed by atoms with Crippen LogP contribution in [-0.2, 0) is 13.8 Å². The number of ether oxygens (including phenoxy) is 1. The van der Waals surface area contributed by atoms with E-state index in [1.54, 1.807) is 0 Å². The summed E-state index contributed by atoms with van der Waals surface area (Å²) >= 11 is 0.